The van der Waals surface area contributed by atoms with Crippen molar-refractivity contribution in [2.75, 3.05) is 21.3 Å². The fourth-order valence-corrected chi connectivity index (χ4v) is 3.98. The maximum atomic E-state index is 6.40. The molecule has 4 nitrogen and oxygen atoms in total. The third-order valence-electron chi connectivity index (χ3n) is 3.31. The van der Waals surface area contributed by atoms with Crippen molar-refractivity contribution in [3.05, 3.63) is 38.0 Å². The molecule has 1 unspecified atom stereocenters. The number of halogens is 1. The molecule has 0 radical (unpaired) electrons. The van der Waals surface area contributed by atoms with Crippen LogP contribution in [0.25, 0.3) is 0 Å². The molecule has 0 amide bonds. The number of nitrogens with two attached hydrogens (primary N) is 1. The summed E-state index contributed by atoms with van der Waals surface area (Å²) in [4.78, 5) is 1.18. The van der Waals surface area contributed by atoms with Crippen molar-refractivity contribution in [2.45, 2.75) is 13.0 Å². The van der Waals surface area contributed by atoms with Crippen LogP contribution in [0.15, 0.2) is 22.0 Å². The number of hydrogen-bond acceptors (Lipinski definition) is 5. The van der Waals surface area contributed by atoms with Gasteiger partial charge in [-0.25, -0.2) is 0 Å². The molecule has 1 heterocycles. The van der Waals surface area contributed by atoms with E-state index in [2.05, 4.69) is 22.9 Å². The number of aryl methyl sites for hydroxylation is 1. The fourth-order valence-electron chi connectivity index (χ4n) is 2.23. The Hall–Kier alpha value is -1.24. The van der Waals surface area contributed by atoms with Crippen molar-refractivity contribution < 1.29 is 14.2 Å². The fraction of sp³-hybridized carbons (Fsp3) is 0.333. The van der Waals surface area contributed by atoms with Crippen molar-refractivity contribution in [1.29, 1.82) is 0 Å². The molecule has 6 heteroatoms. The molecular weight excluding hydrogens is 354 g/mol. The van der Waals surface area contributed by atoms with E-state index in [0.717, 1.165) is 14.9 Å². The Morgan fingerprint density at radius 2 is 1.62 bits per heavy atom. The maximum Gasteiger partial charge on any atom is 0.203 e. The zero-order chi connectivity index (χ0) is 15.6. The largest absolute Gasteiger partial charge is 0.493 e. The second-order valence-corrected chi connectivity index (χ2v) is 7.13. The van der Waals surface area contributed by atoms with Gasteiger partial charge in [0.2, 0.25) is 5.75 Å². The normalized spacial score (nSPS) is 12.1. The molecule has 2 aromatic rings. The Morgan fingerprint density at radius 3 is 2.00 bits per heavy atom. The van der Waals surface area contributed by atoms with E-state index >= 15 is 0 Å². The van der Waals surface area contributed by atoms with Crippen LogP contribution in [0.3, 0.4) is 0 Å². The average molecular weight is 372 g/mol. The third-order valence-corrected chi connectivity index (χ3v) is 4.88. The van der Waals surface area contributed by atoms with E-state index in [4.69, 9.17) is 19.9 Å². The van der Waals surface area contributed by atoms with Gasteiger partial charge >= 0.3 is 0 Å². The van der Waals surface area contributed by atoms with Gasteiger partial charge in [0.25, 0.3) is 0 Å². The first-order chi connectivity index (χ1) is 10.0. The van der Waals surface area contributed by atoms with E-state index < -0.39 is 0 Å². The number of ether oxygens (including phenoxy) is 3. The minimum absolute atomic E-state index is 0.249. The number of methoxy groups -OCH3 is 3. The molecule has 114 valence electrons. The lowest BCUT2D eigenvalue weighted by molar-refractivity contribution is 0.323. The van der Waals surface area contributed by atoms with E-state index in [0.29, 0.717) is 17.2 Å². The molecule has 0 saturated carbocycles. The van der Waals surface area contributed by atoms with E-state index in [1.54, 1.807) is 32.7 Å². The van der Waals surface area contributed by atoms with Gasteiger partial charge in [0.1, 0.15) is 0 Å². The average Bonchev–Trinajstić information content (AvgIpc) is 2.83. The molecule has 2 rings (SSSR count). The first-order valence-corrected chi connectivity index (χ1v) is 7.94. The Bertz CT molecular complexity index is 617. The highest BCUT2D eigenvalue weighted by Gasteiger charge is 2.19. The SMILES string of the molecule is COc1cc(C(N)c2cc(Br)sc2C)cc(OC)c1OC. The Labute approximate surface area is 137 Å². The quantitative estimate of drug-likeness (QED) is 0.865. The number of thiophene rings is 1. The van der Waals surface area contributed by atoms with Crippen molar-refractivity contribution in [3.63, 3.8) is 0 Å². The molecule has 0 aliphatic rings. The number of rotatable bonds is 5. The Balaban J connectivity index is 2.51. The van der Waals surface area contributed by atoms with Gasteiger partial charge in [0.15, 0.2) is 11.5 Å². The van der Waals surface area contributed by atoms with Crippen LogP contribution < -0.4 is 19.9 Å². The van der Waals surface area contributed by atoms with Crippen LogP contribution in [0, 0.1) is 6.92 Å². The molecule has 0 aliphatic heterocycles. The minimum atomic E-state index is -0.249. The molecule has 1 atom stereocenters. The predicted molar refractivity (Wildman–Crippen MR) is 88.9 cm³/mol. The molecule has 0 aliphatic carbocycles. The number of benzene rings is 1. The summed E-state index contributed by atoms with van der Waals surface area (Å²) in [6.07, 6.45) is 0. The highest BCUT2D eigenvalue weighted by Crippen LogP contribution is 2.41. The molecule has 0 bridgehead atoms. The summed E-state index contributed by atoms with van der Waals surface area (Å²) >= 11 is 5.17. The van der Waals surface area contributed by atoms with Gasteiger partial charge in [-0.3, -0.25) is 0 Å². The predicted octanol–water partition coefficient (Wildman–Crippen LogP) is 3.89. The smallest absolute Gasteiger partial charge is 0.203 e. The van der Waals surface area contributed by atoms with Gasteiger partial charge in [-0.05, 0) is 52.2 Å². The summed E-state index contributed by atoms with van der Waals surface area (Å²) in [6.45, 7) is 2.06. The summed E-state index contributed by atoms with van der Waals surface area (Å²) in [5.41, 5.74) is 8.40. The molecule has 0 spiro atoms. The molecule has 21 heavy (non-hydrogen) atoms. The second-order valence-electron chi connectivity index (χ2n) is 4.50. The Kier molecular flexibility index (Phi) is 5.13. The summed E-state index contributed by atoms with van der Waals surface area (Å²) in [6, 6.07) is 5.57. The van der Waals surface area contributed by atoms with Crippen LogP contribution in [0.2, 0.25) is 0 Å². The maximum absolute atomic E-state index is 6.40. The van der Waals surface area contributed by atoms with Gasteiger partial charge in [-0.15, -0.1) is 11.3 Å². The molecular formula is C15H18BrNO3S. The van der Waals surface area contributed by atoms with Crippen molar-refractivity contribution in [3.8, 4) is 17.2 Å². The first-order valence-electron chi connectivity index (χ1n) is 6.33. The minimum Gasteiger partial charge on any atom is -0.493 e. The first kappa shape index (κ1) is 16.1. The van der Waals surface area contributed by atoms with Crippen LogP contribution in [-0.2, 0) is 0 Å². The third kappa shape index (κ3) is 3.17. The summed E-state index contributed by atoms with van der Waals surface area (Å²) in [5.74, 6) is 1.78. The molecule has 1 aromatic heterocycles. The van der Waals surface area contributed by atoms with Gasteiger partial charge in [-0.1, -0.05) is 0 Å². The zero-order valence-corrected chi connectivity index (χ0v) is 14.8. The lowest BCUT2D eigenvalue weighted by Crippen LogP contribution is -2.12. The van der Waals surface area contributed by atoms with Crippen LogP contribution in [-0.4, -0.2) is 21.3 Å². The van der Waals surface area contributed by atoms with Crippen LogP contribution in [0.4, 0.5) is 0 Å². The highest BCUT2D eigenvalue weighted by atomic mass is 79.9. The van der Waals surface area contributed by atoms with Crippen LogP contribution in [0.1, 0.15) is 22.0 Å². The lowest BCUT2D eigenvalue weighted by Gasteiger charge is -2.17. The van der Waals surface area contributed by atoms with Gasteiger partial charge in [-0.2, -0.15) is 0 Å². The van der Waals surface area contributed by atoms with Crippen LogP contribution in [0.5, 0.6) is 17.2 Å². The molecule has 1 aromatic carbocycles. The highest BCUT2D eigenvalue weighted by molar-refractivity contribution is 9.11. The van der Waals surface area contributed by atoms with Crippen molar-refractivity contribution in [1.82, 2.24) is 0 Å². The summed E-state index contributed by atoms with van der Waals surface area (Å²) in [7, 11) is 4.78. The van der Waals surface area contributed by atoms with E-state index in [9.17, 15) is 0 Å². The lowest BCUT2D eigenvalue weighted by atomic mass is 9.99. The van der Waals surface area contributed by atoms with E-state index in [-0.39, 0.29) is 6.04 Å². The van der Waals surface area contributed by atoms with Crippen molar-refractivity contribution in [2.24, 2.45) is 5.73 Å². The molecule has 0 fully saturated rings. The summed E-state index contributed by atoms with van der Waals surface area (Å²) in [5, 5.41) is 0. The second kappa shape index (κ2) is 6.68. The van der Waals surface area contributed by atoms with E-state index in [1.165, 1.54) is 4.88 Å². The Morgan fingerprint density at radius 1 is 1.05 bits per heavy atom. The molecule has 0 saturated heterocycles. The van der Waals surface area contributed by atoms with Gasteiger partial charge in [0, 0.05) is 4.88 Å². The summed E-state index contributed by atoms with van der Waals surface area (Å²) < 4.78 is 17.1. The topological polar surface area (TPSA) is 53.7 Å². The van der Waals surface area contributed by atoms with E-state index in [1.807, 2.05) is 18.2 Å². The number of hydrogen-bond donors (Lipinski definition) is 1. The standard InChI is InChI=1S/C15H18BrNO3S/c1-8-10(7-13(16)21-8)14(17)9-5-11(18-2)15(20-4)12(6-9)19-3/h5-7,14H,17H2,1-4H3. The van der Waals surface area contributed by atoms with Gasteiger partial charge < -0.3 is 19.9 Å². The van der Waals surface area contributed by atoms with Crippen molar-refractivity contribution >= 4 is 27.3 Å². The van der Waals surface area contributed by atoms with Gasteiger partial charge in [0.05, 0.1) is 31.2 Å². The zero-order valence-electron chi connectivity index (χ0n) is 12.4. The molecule has 2 N–H and O–H groups in total. The van der Waals surface area contributed by atoms with Crippen LogP contribution >= 0.6 is 27.3 Å². The monoisotopic (exact) mass is 371 g/mol.